The molecule has 2 aromatic rings. The van der Waals surface area contributed by atoms with Gasteiger partial charge in [-0.1, -0.05) is 6.07 Å². The van der Waals surface area contributed by atoms with Crippen LogP contribution < -0.4 is 16.0 Å². The maximum Gasteiger partial charge on any atom is 0.259 e. The molecule has 0 aromatic heterocycles. The largest absolute Gasteiger partial charge is 0.384 e. The van der Waals surface area contributed by atoms with Gasteiger partial charge >= 0.3 is 0 Å². The van der Waals surface area contributed by atoms with Crippen molar-refractivity contribution in [3.05, 3.63) is 59.7 Å². The summed E-state index contributed by atoms with van der Waals surface area (Å²) >= 11 is 0. The Morgan fingerprint density at radius 3 is 2.46 bits per heavy atom. The van der Waals surface area contributed by atoms with Crippen LogP contribution in [0, 0.1) is 5.41 Å². The highest BCUT2D eigenvalue weighted by atomic mass is 16.5. The van der Waals surface area contributed by atoms with Crippen molar-refractivity contribution in [3.63, 3.8) is 0 Å². The van der Waals surface area contributed by atoms with Crippen LogP contribution in [0.3, 0.4) is 0 Å². The van der Waals surface area contributed by atoms with Crippen LogP contribution >= 0.6 is 0 Å². The third-order valence-corrected chi connectivity index (χ3v) is 6.19. The number of carbonyl (C=O) groups excluding carboxylic acids is 3. The molecule has 10 heteroatoms. The number of rotatable bonds is 6. The summed E-state index contributed by atoms with van der Waals surface area (Å²) < 4.78 is 5.46. The molecule has 184 valence electrons. The second-order valence-corrected chi connectivity index (χ2v) is 8.61. The first kappa shape index (κ1) is 24.4. The van der Waals surface area contributed by atoms with Gasteiger partial charge in [0.05, 0.1) is 6.61 Å². The van der Waals surface area contributed by atoms with E-state index < -0.39 is 24.0 Å². The number of nitrogens with two attached hydrogens (primary N) is 1. The highest BCUT2D eigenvalue weighted by molar-refractivity contribution is 6.05. The van der Waals surface area contributed by atoms with Crippen molar-refractivity contribution in [3.8, 4) is 0 Å². The van der Waals surface area contributed by atoms with Crippen molar-refractivity contribution in [1.82, 2.24) is 4.90 Å². The van der Waals surface area contributed by atoms with Gasteiger partial charge in [-0.05, 0) is 61.7 Å². The first-order valence-corrected chi connectivity index (χ1v) is 11.6. The van der Waals surface area contributed by atoms with Crippen molar-refractivity contribution >= 4 is 34.9 Å². The number of morpholine rings is 1. The molecule has 2 aliphatic heterocycles. The maximum absolute atomic E-state index is 13.2. The maximum atomic E-state index is 13.2. The van der Waals surface area contributed by atoms with Crippen LogP contribution in [0.2, 0.25) is 0 Å². The molecule has 1 unspecified atom stereocenters. The molecular formula is C25H29N5O5. The first-order chi connectivity index (χ1) is 16.8. The molecule has 35 heavy (non-hydrogen) atoms. The number of aliphatic hydroxyl groups excluding tert-OH is 1. The summed E-state index contributed by atoms with van der Waals surface area (Å²) in [7, 11) is 0. The first-order valence-electron chi connectivity index (χ1n) is 11.6. The number of piperidine rings is 1. The fourth-order valence-corrected chi connectivity index (χ4v) is 4.26. The van der Waals surface area contributed by atoms with E-state index in [9.17, 15) is 19.5 Å². The minimum Gasteiger partial charge on any atom is -0.384 e. The number of anilines is 2. The molecule has 10 nitrogen and oxygen atoms in total. The fourth-order valence-electron chi connectivity index (χ4n) is 4.26. The minimum atomic E-state index is -1.74. The number of amidine groups is 1. The molecule has 0 aliphatic carbocycles. The zero-order valence-electron chi connectivity index (χ0n) is 19.3. The molecule has 0 saturated carbocycles. The van der Waals surface area contributed by atoms with Crippen LogP contribution in [0.5, 0.6) is 0 Å². The van der Waals surface area contributed by atoms with Gasteiger partial charge in [0.15, 0.2) is 12.2 Å². The van der Waals surface area contributed by atoms with Crippen molar-refractivity contribution in [2.45, 2.75) is 31.5 Å². The standard InChI is InChI=1S/C25H29N5O5/c26-22(27)16-7-9-18(10-8-16)28-23(32)20(31)21-25(34)30(13-14-35-21)19-6-4-5-17(15-19)24(33)29-11-2-1-3-12-29/h4-10,15,20-21,31H,1-3,11-14H2,(H3,26,27)(H,28,32)/t20?,21-/m1/s1. The van der Waals surface area contributed by atoms with E-state index in [-0.39, 0.29) is 24.9 Å². The normalized spacial score (nSPS) is 19.2. The Bertz CT molecular complexity index is 1110. The van der Waals surface area contributed by atoms with E-state index in [0.717, 1.165) is 32.4 Å². The Balaban J connectivity index is 1.44. The number of carbonyl (C=O) groups is 3. The predicted octanol–water partition coefficient (Wildman–Crippen LogP) is 1.33. The Morgan fingerprint density at radius 1 is 1.06 bits per heavy atom. The van der Waals surface area contributed by atoms with Crippen LogP contribution in [-0.4, -0.2) is 72.0 Å². The Hall–Kier alpha value is -3.76. The van der Waals surface area contributed by atoms with Gasteiger partial charge in [-0.3, -0.25) is 19.8 Å². The van der Waals surface area contributed by atoms with E-state index in [2.05, 4.69) is 5.32 Å². The van der Waals surface area contributed by atoms with E-state index in [1.807, 2.05) is 4.90 Å². The summed E-state index contributed by atoms with van der Waals surface area (Å²) in [5.74, 6) is -1.53. The molecule has 2 aromatic carbocycles. The van der Waals surface area contributed by atoms with Gasteiger partial charge in [0.25, 0.3) is 17.7 Å². The summed E-state index contributed by atoms with van der Waals surface area (Å²) in [5, 5.41) is 20.6. The molecule has 2 fully saturated rings. The lowest BCUT2D eigenvalue weighted by molar-refractivity contribution is -0.150. The van der Waals surface area contributed by atoms with Gasteiger partial charge in [0.1, 0.15) is 5.84 Å². The van der Waals surface area contributed by atoms with Crippen molar-refractivity contribution in [1.29, 1.82) is 5.41 Å². The number of likely N-dealkylation sites (tertiary alicyclic amines) is 1. The van der Waals surface area contributed by atoms with E-state index >= 15 is 0 Å². The molecule has 2 saturated heterocycles. The molecule has 0 radical (unpaired) electrons. The lowest BCUT2D eigenvalue weighted by Gasteiger charge is -2.34. The fraction of sp³-hybridized carbons (Fsp3) is 0.360. The molecule has 3 amide bonds. The predicted molar refractivity (Wildman–Crippen MR) is 130 cm³/mol. The Morgan fingerprint density at radius 2 is 1.77 bits per heavy atom. The quantitative estimate of drug-likeness (QED) is 0.363. The molecule has 0 bridgehead atoms. The highest BCUT2D eigenvalue weighted by Crippen LogP contribution is 2.23. The monoisotopic (exact) mass is 479 g/mol. The van der Waals surface area contributed by atoms with E-state index in [1.165, 1.54) is 4.90 Å². The lowest BCUT2D eigenvalue weighted by Crippen LogP contribution is -2.55. The number of ether oxygens (including phenoxy) is 1. The summed E-state index contributed by atoms with van der Waals surface area (Å²) in [6.07, 6.45) is -0.0450. The number of nitrogens with one attached hydrogen (secondary N) is 2. The smallest absolute Gasteiger partial charge is 0.259 e. The van der Waals surface area contributed by atoms with Crippen LogP contribution in [0.15, 0.2) is 48.5 Å². The van der Waals surface area contributed by atoms with Crippen LogP contribution in [0.25, 0.3) is 0 Å². The number of hydrogen-bond donors (Lipinski definition) is 4. The minimum absolute atomic E-state index is 0.0704. The summed E-state index contributed by atoms with van der Waals surface area (Å²) in [5.41, 5.74) is 7.30. The van der Waals surface area contributed by atoms with Crippen LogP contribution in [-0.2, 0) is 14.3 Å². The third-order valence-electron chi connectivity index (χ3n) is 6.19. The number of aliphatic hydroxyl groups is 1. The van der Waals surface area contributed by atoms with Crippen molar-refractivity contribution in [2.24, 2.45) is 5.73 Å². The van der Waals surface area contributed by atoms with Gasteiger partial charge < -0.3 is 30.7 Å². The average molecular weight is 480 g/mol. The molecule has 2 aliphatic rings. The summed E-state index contributed by atoms with van der Waals surface area (Å²) in [6.45, 7) is 1.80. The summed E-state index contributed by atoms with van der Waals surface area (Å²) in [6, 6.07) is 13.0. The molecule has 5 N–H and O–H groups in total. The average Bonchev–Trinajstić information content (AvgIpc) is 2.89. The number of nitrogen functional groups attached to an aromatic ring is 1. The number of benzene rings is 2. The number of nitrogens with zero attached hydrogens (tertiary/aromatic N) is 2. The Labute approximate surface area is 203 Å². The van der Waals surface area contributed by atoms with Gasteiger partial charge in [0, 0.05) is 42.1 Å². The van der Waals surface area contributed by atoms with Crippen LogP contribution in [0.4, 0.5) is 11.4 Å². The lowest BCUT2D eigenvalue weighted by atomic mass is 10.1. The molecule has 2 atom stereocenters. The summed E-state index contributed by atoms with van der Waals surface area (Å²) in [4.78, 5) is 41.9. The molecular weight excluding hydrogens is 450 g/mol. The molecule has 2 heterocycles. The van der Waals surface area contributed by atoms with E-state index in [0.29, 0.717) is 22.5 Å². The molecule has 0 spiro atoms. The molecule has 4 rings (SSSR count). The topological polar surface area (TPSA) is 149 Å². The highest BCUT2D eigenvalue weighted by Gasteiger charge is 2.39. The Kier molecular flexibility index (Phi) is 7.42. The van der Waals surface area contributed by atoms with Gasteiger partial charge in [-0.2, -0.15) is 0 Å². The zero-order valence-corrected chi connectivity index (χ0v) is 19.3. The second-order valence-electron chi connectivity index (χ2n) is 8.61. The second kappa shape index (κ2) is 10.7. The van der Waals surface area contributed by atoms with Gasteiger partial charge in [-0.25, -0.2) is 0 Å². The number of hydrogen-bond acceptors (Lipinski definition) is 6. The van der Waals surface area contributed by atoms with E-state index in [1.54, 1.807) is 48.5 Å². The van der Waals surface area contributed by atoms with Gasteiger partial charge in [0.2, 0.25) is 0 Å². The number of amides is 3. The SMILES string of the molecule is N=C(N)c1ccc(NC(=O)C(O)[C@H]2OCCN(c3cccc(C(=O)N4CCCCC4)c3)C2=O)cc1. The van der Waals surface area contributed by atoms with Crippen LogP contribution in [0.1, 0.15) is 35.2 Å². The zero-order chi connectivity index (χ0) is 24.9. The van der Waals surface area contributed by atoms with Gasteiger partial charge in [-0.15, -0.1) is 0 Å². The van der Waals surface area contributed by atoms with Crippen molar-refractivity contribution in [2.75, 3.05) is 36.5 Å². The third kappa shape index (κ3) is 5.50. The van der Waals surface area contributed by atoms with E-state index in [4.69, 9.17) is 15.9 Å². The van der Waals surface area contributed by atoms with Crippen molar-refractivity contribution < 1.29 is 24.2 Å².